The van der Waals surface area contributed by atoms with Crippen LogP contribution in [0.3, 0.4) is 0 Å². The molecule has 1 aromatic rings. The van der Waals surface area contributed by atoms with Crippen LogP contribution < -0.4 is 5.32 Å². The van der Waals surface area contributed by atoms with E-state index in [1.54, 1.807) is 0 Å². The van der Waals surface area contributed by atoms with E-state index in [4.69, 9.17) is 4.42 Å². The first-order valence-electron chi connectivity index (χ1n) is 8.29. The second kappa shape index (κ2) is 8.01. The Labute approximate surface area is 147 Å². The summed E-state index contributed by atoms with van der Waals surface area (Å²) in [7, 11) is -1.04. The second-order valence-corrected chi connectivity index (χ2v) is 8.51. The standard InChI is InChI=1S/C16H24N2O6S/c1-18(2)25(22,23)14-10-9-13(24-14)15(19)17-12-8-6-4-3-5-7-11(12)16(20)21/h9-12H,3-8H2,1-2H3,(H,17,19)(H,20,21). The molecule has 9 heteroatoms. The van der Waals surface area contributed by atoms with Gasteiger partial charge < -0.3 is 14.8 Å². The number of nitrogens with one attached hydrogen (secondary N) is 1. The summed E-state index contributed by atoms with van der Waals surface area (Å²) in [5, 5.41) is 11.8. The molecule has 0 aliphatic heterocycles. The highest BCUT2D eigenvalue weighted by Gasteiger charge is 2.31. The number of carboxylic acid groups (broad SMARTS) is 1. The van der Waals surface area contributed by atoms with Crippen LogP contribution in [0.5, 0.6) is 0 Å². The van der Waals surface area contributed by atoms with Gasteiger partial charge in [0.2, 0.25) is 5.09 Å². The Hall–Kier alpha value is -1.87. The summed E-state index contributed by atoms with van der Waals surface area (Å²) in [5.41, 5.74) is 0. The molecule has 140 valence electrons. The molecule has 2 atom stereocenters. The Balaban J connectivity index is 2.14. The van der Waals surface area contributed by atoms with Gasteiger partial charge in [-0.05, 0) is 25.0 Å². The normalized spacial score (nSPS) is 22.2. The van der Waals surface area contributed by atoms with Crippen LogP contribution in [0, 0.1) is 5.92 Å². The summed E-state index contributed by atoms with van der Waals surface area (Å²) >= 11 is 0. The highest BCUT2D eigenvalue weighted by Crippen LogP contribution is 2.24. The van der Waals surface area contributed by atoms with E-state index in [-0.39, 0.29) is 10.9 Å². The van der Waals surface area contributed by atoms with Crippen molar-refractivity contribution in [1.82, 2.24) is 9.62 Å². The van der Waals surface area contributed by atoms with Crippen molar-refractivity contribution in [3.8, 4) is 0 Å². The average molecular weight is 372 g/mol. The van der Waals surface area contributed by atoms with Crippen molar-refractivity contribution < 1.29 is 27.5 Å². The Morgan fingerprint density at radius 2 is 1.80 bits per heavy atom. The number of rotatable bonds is 5. The fourth-order valence-electron chi connectivity index (χ4n) is 2.95. The predicted octanol–water partition coefficient (Wildman–Crippen LogP) is 1.68. The lowest BCUT2D eigenvalue weighted by Gasteiger charge is -2.26. The molecule has 1 amide bonds. The van der Waals surface area contributed by atoms with Gasteiger partial charge in [-0.15, -0.1) is 0 Å². The number of carbonyl (C=O) groups is 2. The van der Waals surface area contributed by atoms with Crippen molar-refractivity contribution in [3.05, 3.63) is 17.9 Å². The van der Waals surface area contributed by atoms with Gasteiger partial charge in [0.1, 0.15) is 0 Å². The van der Waals surface area contributed by atoms with Crippen molar-refractivity contribution >= 4 is 21.9 Å². The first kappa shape index (κ1) is 19.5. The third-order valence-electron chi connectivity index (χ3n) is 4.44. The van der Waals surface area contributed by atoms with Crippen LogP contribution in [0.25, 0.3) is 0 Å². The zero-order valence-corrected chi connectivity index (χ0v) is 15.2. The Morgan fingerprint density at radius 1 is 1.16 bits per heavy atom. The molecule has 1 heterocycles. The topological polar surface area (TPSA) is 117 Å². The van der Waals surface area contributed by atoms with Gasteiger partial charge in [0.05, 0.1) is 5.92 Å². The molecule has 0 aromatic carbocycles. The zero-order valence-electron chi connectivity index (χ0n) is 14.4. The van der Waals surface area contributed by atoms with Crippen LogP contribution in [0.4, 0.5) is 0 Å². The fraction of sp³-hybridized carbons (Fsp3) is 0.625. The lowest BCUT2D eigenvalue weighted by atomic mass is 9.86. The first-order valence-corrected chi connectivity index (χ1v) is 9.73. The Kier molecular flexibility index (Phi) is 6.23. The molecular weight excluding hydrogens is 348 g/mol. The van der Waals surface area contributed by atoms with E-state index in [2.05, 4.69) is 5.32 Å². The minimum absolute atomic E-state index is 0.147. The number of hydrogen-bond donors (Lipinski definition) is 2. The minimum atomic E-state index is -3.76. The van der Waals surface area contributed by atoms with Gasteiger partial charge in [-0.1, -0.05) is 25.7 Å². The van der Waals surface area contributed by atoms with Crippen molar-refractivity contribution in [2.24, 2.45) is 5.92 Å². The molecule has 1 aliphatic carbocycles. The molecule has 2 N–H and O–H groups in total. The van der Waals surface area contributed by atoms with Gasteiger partial charge in [0, 0.05) is 20.1 Å². The van der Waals surface area contributed by atoms with Crippen molar-refractivity contribution in [1.29, 1.82) is 0 Å². The van der Waals surface area contributed by atoms with Crippen LogP contribution in [0.1, 0.15) is 49.1 Å². The summed E-state index contributed by atoms with van der Waals surface area (Å²) in [6.45, 7) is 0. The summed E-state index contributed by atoms with van der Waals surface area (Å²) in [4.78, 5) is 23.9. The highest BCUT2D eigenvalue weighted by molar-refractivity contribution is 7.88. The third-order valence-corrected chi connectivity index (χ3v) is 6.13. The third kappa shape index (κ3) is 4.60. The van der Waals surface area contributed by atoms with Gasteiger partial charge in [-0.2, -0.15) is 0 Å². The summed E-state index contributed by atoms with van der Waals surface area (Å²) < 4.78 is 30.2. The quantitative estimate of drug-likeness (QED) is 0.812. The van der Waals surface area contributed by atoms with Crippen LogP contribution in [-0.4, -0.2) is 49.8 Å². The predicted molar refractivity (Wildman–Crippen MR) is 89.7 cm³/mol. The van der Waals surface area contributed by atoms with Crippen LogP contribution >= 0.6 is 0 Å². The summed E-state index contributed by atoms with van der Waals surface area (Å²) in [6.07, 6.45) is 4.74. The van der Waals surface area contributed by atoms with Gasteiger partial charge >= 0.3 is 5.97 Å². The van der Waals surface area contributed by atoms with Gasteiger partial charge in [0.15, 0.2) is 5.76 Å². The highest BCUT2D eigenvalue weighted by atomic mass is 32.2. The molecule has 0 spiro atoms. The molecule has 2 rings (SSSR count). The Bertz CT molecular complexity index is 725. The maximum absolute atomic E-state index is 12.4. The van der Waals surface area contributed by atoms with Crippen LogP contribution in [-0.2, 0) is 14.8 Å². The zero-order chi connectivity index (χ0) is 18.6. The molecule has 1 aliphatic rings. The van der Waals surface area contributed by atoms with E-state index < -0.39 is 33.9 Å². The maximum Gasteiger partial charge on any atom is 0.308 e. The molecular formula is C16H24N2O6S. The molecule has 25 heavy (non-hydrogen) atoms. The van der Waals surface area contributed by atoms with E-state index in [0.29, 0.717) is 12.8 Å². The summed E-state index contributed by atoms with van der Waals surface area (Å²) in [5.74, 6) is -2.32. The van der Waals surface area contributed by atoms with Crippen LogP contribution in [0.15, 0.2) is 21.6 Å². The van der Waals surface area contributed by atoms with Gasteiger partial charge in [0.25, 0.3) is 15.9 Å². The van der Waals surface area contributed by atoms with Crippen LogP contribution in [0.2, 0.25) is 0 Å². The lowest BCUT2D eigenvalue weighted by Crippen LogP contribution is -2.43. The minimum Gasteiger partial charge on any atom is -0.481 e. The largest absolute Gasteiger partial charge is 0.481 e. The second-order valence-electron chi connectivity index (χ2n) is 6.42. The molecule has 1 saturated carbocycles. The summed E-state index contributed by atoms with van der Waals surface area (Å²) in [6, 6.07) is 2.01. The molecule has 2 unspecified atom stereocenters. The smallest absolute Gasteiger partial charge is 0.308 e. The monoisotopic (exact) mass is 372 g/mol. The maximum atomic E-state index is 12.4. The van der Waals surface area contributed by atoms with Crippen molar-refractivity contribution in [3.63, 3.8) is 0 Å². The first-order chi connectivity index (χ1) is 11.7. The van der Waals surface area contributed by atoms with E-state index in [1.165, 1.54) is 26.2 Å². The van der Waals surface area contributed by atoms with E-state index in [0.717, 1.165) is 30.0 Å². The fourth-order valence-corrected chi connectivity index (χ4v) is 3.75. The number of hydrogen-bond acceptors (Lipinski definition) is 5. The molecule has 0 saturated heterocycles. The number of nitrogens with zero attached hydrogens (tertiary/aromatic N) is 1. The van der Waals surface area contributed by atoms with E-state index in [9.17, 15) is 23.1 Å². The average Bonchev–Trinajstić information content (AvgIpc) is 3.00. The Morgan fingerprint density at radius 3 is 2.40 bits per heavy atom. The van der Waals surface area contributed by atoms with Crippen molar-refractivity contribution in [2.45, 2.75) is 49.7 Å². The molecule has 1 aromatic heterocycles. The van der Waals surface area contributed by atoms with Gasteiger partial charge in [-0.25, -0.2) is 12.7 Å². The SMILES string of the molecule is CN(C)S(=O)(=O)c1ccc(C(=O)NC2CCCCCCC2C(=O)O)o1. The number of amides is 1. The molecule has 1 fully saturated rings. The number of aliphatic carboxylic acids is 1. The molecule has 8 nitrogen and oxygen atoms in total. The number of furan rings is 1. The molecule has 0 bridgehead atoms. The molecule has 0 radical (unpaired) electrons. The van der Waals surface area contributed by atoms with E-state index in [1.807, 2.05) is 0 Å². The number of carboxylic acids is 1. The van der Waals surface area contributed by atoms with Crippen molar-refractivity contribution in [2.75, 3.05) is 14.1 Å². The van der Waals surface area contributed by atoms with Gasteiger partial charge in [-0.3, -0.25) is 9.59 Å². The van der Waals surface area contributed by atoms with E-state index >= 15 is 0 Å². The number of sulfonamides is 1. The lowest BCUT2D eigenvalue weighted by molar-refractivity contribution is -0.143. The number of carbonyl (C=O) groups excluding carboxylic acids is 1.